The van der Waals surface area contributed by atoms with Gasteiger partial charge >= 0.3 is 12.1 Å². The number of aryl methyl sites for hydroxylation is 2. The highest BCUT2D eigenvalue weighted by molar-refractivity contribution is 7.92. The Hall–Kier alpha value is -3.60. The Labute approximate surface area is 205 Å². The van der Waals surface area contributed by atoms with E-state index in [9.17, 15) is 36.3 Å². The van der Waals surface area contributed by atoms with E-state index in [1.807, 2.05) is 0 Å². The standard InChI is InChI=1S/C25H24F3NO6S/c1-13(2)35-24(32)21(23(31)25(26,27)28)18-12-19(16-7-5-6-8-17(16)22(18)30)29-36(33,34)20-10-9-14(3)11-15(20)4/h5-13,21,29-30H,1-4H3/t21-/m1/s1. The molecule has 3 aromatic rings. The van der Waals surface area contributed by atoms with Gasteiger partial charge in [0.15, 0.2) is 5.92 Å². The summed E-state index contributed by atoms with van der Waals surface area (Å²) in [5.41, 5.74) is 0.285. The van der Waals surface area contributed by atoms with Crippen molar-refractivity contribution in [1.82, 2.24) is 0 Å². The van der Waals surface area contributed by atoms with Crippen LogP contribution in [-0.4, -0.2) is 37.6 Å². The number of hydrogen-bond acceptors (Lipinski definition) is 6. The number of esters is 1. The van der Waals surface area contributed by atoms with E-state index in [2.05, 4.69) is 4.72 Å². The second kappa shape index (κ2) is 9.81. The Balaban J connectivity index is 2.26. The van der Waals surface area contributed by atoms with Crippen LogP contribution in [0.25, 0.3) is 10.8 Å². The second-order valence-corrected chi connectivity index (χ2v) is 10.2. The molecule has 0 unspecified atom stereocenters. The molecule has 0 radical (unpaired) electrons. The average Bonchev–Trinajstić information content (AvgIpc) is 2.75. The van der Waals surface area contributed by atoms with Gasteiger partial charge < -0.3 is 9.84 Å². The van der Waals surface area contributed by atoms with Crippen LogP contribution < -0.4 is 4.72 Å². The number of ketones is 1. The molecule has 1 atom stereocenters. The van der Waals surface area contributed by atoms with Gasteiger partial charge in [-0.15, -0.1) is 0 Å². The monoisotopic (exact) mass is 523 g/mol. The van der Waals surface area contributed by atoms with E-state index in [1.54, 1.807) is 26.0 Å². The van der Waals surface area contributed by atoms with Crippen LogP contribution in [0.2, 0.25) is 0 Å². The van der Waals surface area contributed by atoms with E-state index in [0.717, 1.165) is 11.6 Å². The van der Waals surface area contributed by atoms with Crippen molar-refractivity contribution in [3.8, 4) is 5.75 Å². The lowest BCUT2D eigenvalue weighted by atomic mass is 9.90. The first-order valence-electron chi connectivity index (χ1n) is 10.8. The highest BCUT2D eigenvalue weighted by Gasteiger charge is 2.49. The lowest BCUT2D eigenvalue weighted by Crippen LogP contribution is -2.35. The Morgan fingerprint density at radius 2 is 1.61 bits per heavy atom. The van der Waals surface area contributed by atoms with Gasteiger partial charge in [0.05, 0.1) is 16.7 Å². The topological polar surface area (TPSA) is 110 Å². The van der Waals surface area contributed by atoms with Crippen molar-refractivity contribution < 1.29 is 41.0 Å². The molecule has 11 heteroatoms. The summed E-state index contributed by atoms with van der Waals surface area (Å²) in [5.74, 6) is -7.33. The number of hydrogen-bond donors (Lipinski definition) is 2. The number of rotatable bonds is 7. The number of carbonyl (C=O) groups is 2. The molecular formula is C25H24F3NO6S. The van der Waals surface area contributed by atoms with E-state index in [4.69, 9.17) is 4.74 Å². The average molecular weight is 524 g/mol. The zero-order chi connectivity index (χ0) is 27.0. The van der Waals surface area contributed by atoms with Gasteiger partial charge in [0, 0.05) is 16.3 Å². The molecule has 0 heterocycles. The van der Waals surface area contributed by atoms with Crippen molar-refractivity contribution in [1.29, 1.82) is 0 Å². The van der Waals surface area contributed by atoms with Crippen LogP contribution in [-0.2, 0) is 24.3 Å². The zero-order valence-corrected chi connectivity index (χ0v) is 20.6. The molecule has 3 rings (SSSR count). The smallest absolute Gasteiger partial charge is 0.451 e. The highest BCUT2D eigenvalue weighted by Crippen LogP contribution is 2.41. The summed E-state index contributed by atoms with van der Waals surface area (Å²) < 4.78 is 74.0. The van der Waals surface area contributed by atoms with Gasteiger partial charge in [-0.3, -0.25) is 14.3 Å². The first kappa shape index (κ1) is 27.0. The predicted molar refractivity (Wildman–Crippen MR) is 127 cm³/mol. The highest BCUT2D eigenvalue weighted by atomic mass is 32.2. The van der Waals surface area contributed by atoms with E-state index >= 15 is 0 Å². The Morgan fingerprint density at radius 3 is 2.17 bits per heavy atom. The lowest BCUT2D eigenvalue weighted by molar-refractivity contribution is -0.178. The van der Waals surface area contributed by atoms with Gasteiger partial charge in [-0.2, -0.15) is 13.2 Å². The number of nitrogens with one attached hydrogen (secondary N) is 1. The van der Waals surface area contributed by atoms with E-state index in [1.165, 1.54) is 44.2 Å². The van der Waals surface area contributed by atoms with Crippen LogP contribution in [0, 0.1) is 13.8 Å². The molecule has 0 aromatic heterocycles. The van der Waals surface area contributed by atoms with Crippen LogP contribution in [0.5, 0.6) is 5.75 Å². The lowest BCUT2D eigenvalue weighted by Gasteiger charge is -2.22. The maximum atomic E-state index is 13.4. The molecule has 192 valence electrons. The molecular weight excluding hydrogens is 499 g/mol. The third-order valence-corrected chi connectivity index (χ3v) is 6.88. The number of Topliss-reactive ketones (excluding diaryl/α,β-unsaturated/α-hetero) is 1. The van der Waals surface area contributed by atoms with Gasteiger partial charge in [0.2, 0.25) is 0 Å². The van der Waals surface area contributed by atoms with Gasteiger partial charge in [-0.25, -0.2) is 8.42 Å². The number of ether oxygens (including phenoxy) is 1. The number of anilines is 1. The maximum absolute atomic E-state index is 13.4. The van der Waals surface area contributed by atoms with Crippen LogP contribution in [0.15, 0.2) is 53.4 Å². The number of alkyl halides is 3. The molecule has 0 saturated heterocycles. The first-order valence-corrected chi connectivity index (χ1v) is 12.3. The van der Waals surface area contributed by atoms with Crippen LogP contribution in [0.3, 0.4) is 0 Å². The van der Waals surface area contributed by atoms with Crippen molar-refractivity contribution in [2.75, 3.05) is 4.72 Å². The molecule has 0 spiro atoms. The van der Waals surface area contributed by atoms with Crippen LogP contribution in [0.1, 0.15) is 36.5 Å². The predicted octanol–water partition coefficient (Wildman–Crippen LogP) is 5.13. The molecule has 0 aliphatic carbocycles. The number of sulfonamides is 1. The normalized spacial score (nSPS) is 13.0. The summed E-state index contributed by atoms with van der Waals surface area (Å²) >= 11 is 0. The quantitative estimate of drug-likeness (QED) is 0.252. The molecule has 7 nitrogen and oxygen atoms in total. The molecule has 0 amide bonds. The molecule has 0 bridgehead atoms. The minimum Gasteiger partial charge on any atom is -0.507 e. The molecule has 0 aliphatic heterocycles. The number of fused-ring (bicyclic) bond motifs is 1. The summed E-state index contributed by atoms with van der Waals surface area (Å²) in [6.07, 6.45) is -6.29. The summed E-state index contributed by atoms with van der Waals surface area (Å²) in [6, 6.07) is 11.2. The summed E-state index contributed by atoms with van der Waals surface area (Å²) in [5, 5.41) is 10.9. The van der Waals surface area contributed by atoms with Crippen molar-refractivity contribution in [3.05, 3.63) is 65.2 Å². The minimum absolute atomic E-state index is 0.0642. The number of halogens is 3. The van der Waals surface area contributed by atoms with Crippen molar-refractivity contribution >= 4 is 38.2 Å². The molecule has 3 aromatic carbocycles. The van der Waals surface area contributed by atoms with E-state index in [-0.39, 0.29) is 21.4 Å². The fraction of sp³-hybridized carbons (Fsp3) is 0.280. The summed E-state index contributed by atoms with van der Waals surface area (Å²) in [7, 11) is -4.25. The number of carbonyl (C=O) groups excluding carboxylic acids is 2. The Bertz CT molecular complexity index is 1450. The van der Waals surface area contributed by atoms with Crippen molar-refractivity contribution in [2.24, 2.45) is 0 Å². The summed E-state index contributed by atoms with van der Waals surface area (Å²) in [6.45, 7) is 6.14. The molecule has 2 N–H and O–H groups in total. The molecule has 36 heavy (non-hydrogen) atoms. The van der Waals surface area contributed by atoms with Crippen LogP contribution >= 0.6 is 0 Å². The first-order chi connectivity index (χ1) is 16.6. The Kier molecular flexibility index (Phi) is 7.35. The number of aromatic hydroxyl groups is 1. The third kappa shape index (κ3) is 5.46. The summed E-state index contributed by atoms with van der Waals surface area (Å²) in [4.78, 5) is 24.9. The molecule has 0 fully saturated rings. The second-order valence-electron chi connectivity index (χ2n) is 8.56. The van der Waals surface area contributed by atoms with Crippen LogP contribution in [0.4, 0.5) is 18.9 Å². The maximum Gasteiger partial charge on any atom is 0.451 e. The van der Waals surface area contributed by atoms with E-state index in [0.29, 0.717) is 5.56 Å². The van der Waals surface area contributed by atoms with Gasteiger partial charge in [-0.05, 0) is 45.4 Å². The minimum atomic E-state index is -5.43. The van der Waals surface area contributed by atoms with Gasteiger partial charge in [0.1, 0.15) is 5.75 Å². The molecule has 0 aliphatic rings. The molecule has 0 saturated carbocycles. The van der Waals surface area contributed by atoms with Gasteiger partial charge in [0.25, 0.3) is 15.8 Å². The largest absolute Gasteiger partial charge is 0.507 e. The fourth-order valence-electron chi connectivity index (χ4n) is 3.83. The van der Waals surface area contributed by atoms with Crippen molar-refractivity contribution in [2.45, 2.75) is 50.8 Å². The van der Waals surface area contributed by atoms with Gasteiger partial charge in [-0.1, -0.05) is 42.0 Å². The Morgan fingerprint density at radius 1 is 1.00 bits per heavy atom. The SMILES string of the molecule is Cc1ccc(S(=O)(=O)Nc2cc([C@@H](C(=O)OC(C)C)C(=O)C(F)(F)F)c(O)c3ccccc23)c(C)c1. The van der Waals surface area contributed by atoms with E-state index < -0.39 is 51.3 Å². The number of phenols is 1. The zero-order valence-electron chi connectivity index (χ0n) is 19.8. The number of phenolic OH excluding ortho intramolecular Hbond substituents is 1. The third-order valence-electron chi connectivity index (χ3n) is 5.35. The number of benzene rings is 3. The fourth-order valence-corrected chi connectivity index (χ4v) is 5.12. The van der Waals surface area contributed by atoms with Crippen molar-refractivity contribution in [3.63, 3.8) is 0 Å².